The number of carboxylic acid groups (broad SMARTS) is 1. The van der Waals surface area contributed by atoms with Gasteiger partial charge in [-0.25, -0.2) is 4.79 Å². The van der Waals surface area contributed by atoms with E-state index in [2.05, 4.69) is 0 Å². The van der Waals surface area contributed by atoms with Gasteiger partial charge in [-0.3, -0.25) is 0 Å². The summed E-state index contributed by atoms with van der Waals surface area (Å²) in [5.74, 6) is -0.837. The average molecular weight is 147 g/mol. The largest absolute Gasteiger partial charge is 0.477 e. The molecule has 1 heterocycles. The Hall–Kier alpha value is -0.480. The second-order valence-electron chi connectivity index (χ2n) is 1.15. The molecule has 0 aliphatic rings. The van der Waals surface area contributed by atoms with Gasteiger partial charge in [0.15, 0.2) is 15.2 Å². The molecule has 0 spiro atoms. The van der Waals surface area contributed by atoms with E-state index < -0.39 is 5.97 Å². The lowest BCUT2D eigenvalue weighted by molar-refractivity contribution is 0.0702. The number of carbonyl (C=O) groups is 1. The molecule has 2 nitrogen and oxygen atoms in total. The average Bonchev–Trinajstić information content (AvgIpc) is 2.12. The molecule has 1 aromatic heterocycles. The Kier molecular flexibility index (Phi) is 1.55. The third kappa shape index (κ3) is 1.02. The molecule has 0 saturated heterocycles. The molecule has 0 radical (unpaired) electrons. The van der Waals surface area contributed by atoms with Gasteiger partial charge in [0.1, 0.15) is 0 Å². The molecule has 0 aliphatic heterocycles. The Labute approximate surface area is 53.4 Å². The molecule has 8 heavy (non-hydrogen) atoms. The van der Waals surface area contributed by atoms with Gasteiger partial charge in [0.25, 0.3) is 10.3 Å². The number of aromatic carboxylic acids is 1. The summed E-state index contributed by atoms with van der Waals surface area (Å²) in [6.45, 7) is 0. The first-order chi connectivity index (χ1) is 3.80. The van der Waals surface area contributed by atoms with Crippen LogP contribution in [0.2, 0.25) is 0 Å². The minimum absolute atomic E-state index is 0.412. The van der Waals surface area contributed by atoms with E-state index in [9.17, 15) is 4.79 Å². The van der Waals surface area contributed by atoms with Gasteiger partial charge in [-0.2, -0.15) is 0 Å². The molecule has 42 valence electrons. The summed E-state index contributed by atoms with van der Waals surface area (Å²) < 4.78 is 0. The predicted octanol–water partition coefficient (Wildman–Crippen LogP) is 1.79. The standard InChI is InChI=1S/C4H2O2S2/c5-4(6)3-1-2-7-8-3/h1-2H/p+1. The van der Waals surface area contributed by atoms with Crippen LogP contribution >= 0.6 is 20.7 Å². The van der Waals surface area contributed by atoms with Crippen LogP contribution in [0.25, 0.3) is 0 Å². The summed E-state index contributed by atoms with van der Waals surface area (Å²) in [7, 11) is 2.70. The van der Waals surface area contributed by atoms with Crippen LogP contribution in [0.3, 0.4) is 0 Å². The molecule has 0 aromatic carbocycles. The van der Waals surface area contributed by atoms with Crippen molar-refractivity contribution in [3.63, 3.8) is 0 Å². The molecule has 0 bridgehead atoms. The van der Waals surface area contributed by atoms with Gasteiger partial charge < -0.3 is 5.11 Å². The highest BCUT2D eigenvalue weighted by Gasteiger charge is 2.08. The topological polar surface area (TPSA) is 37.3 Å². The van der Waals surface area contributed by atoms with Crippen molar-refractivity contribution in [1.29, 1.82) is 0 Å². The maximum Gasteiger partial charge on any atom is 0.350 e. The minimum atomic E-state index is -0.837. The SMILES string of the molecule is O=C(O)c1cc[s+]s1. The molecule has 1 N–H and O–H groups in total. The molecule has 1 rings (SSSR count). The number of hydrogen-bond acceptors (Lipinski definition) is 2. The second-order valence-corrected chi connectivity index (χ2v) is 3.30. The van der Waals surface area contributed by atoms with Crippen LogP contribution in [0.1, 0.15) is 9.67 Å². The van der Waals surface area contributed by atoms with Gasteiger partial charge in [-0.1, -0.05) is 0 Å². The first kappa shape index (κ1) is 5.65. The normalized spacial score (nSPS) is 9.00. The van der Waals surface area contributed by atoms with E-state index in [1.807, 2.05) is 0 Å². The second kappa shape index (κ2) is 2.19. The van der Waals surface area contributed by atoms with E-state index in [1.165, 1.54) is 20.7 Å². The van der Waals surface area contributed by atoms with Crippen LogP contribution in [0.15, 0.2) is 11.4 Å². The molecule has 4 heteroatoms. The van der Waals surface area contributed by atoms with E-state index in [0.29, 0.717) is 4.88 Å². The van der Waals surface area contributed by atoms with Crippen LogP contribution in [-0.2, 0) is 0 Å². The van der Waals surface area contributed by atoms with Crippen LogP contribution in [0, 0.1) is 0 Å². The summed E-state index contributed by atoms with van der Waals surface area (Å²) in [4.78, 5) is 10.5. The van der Waals surface area contributed by atoms with Gasteiger partial charge in [-0.05, 0) is 0 Å². The van der Waals surface area contributed by atoms with Crippen LogP contribution in [0.4, 0.5) is 0 Å². The van der Waals surface area contributed by atoms with Crippen molar-refractivity contribution in [3.8, 4) is 0 Å². The lowest BCUT2D eigenvalue weighted by Gasteiger charge is -1.73. The van der Waals surface area contributed by atoms with E-state index in [4.69, 9.17) is 5.11 Å². The highest BCUT2D eigenvalue weighted by molar-refractivity contribution is 7.69. The fourth-order valence-corrected chi connectivity index (χ4v) is 1.96. The molecule has 0 saturated carbocycles. The first-order valence-electron chi connectivity index (χ1n) is 1.91. The van der Waals surface area contributed by atoms with Crippen molar-refractivity contribution < 1.29 is 9.90 Å². The zero-order valence-electron chi connectivity index (χ0n) is 3.83. The van der Waals surface area contributed by atoms with Crippen molar-refractivity contribution in [3.05, 3.63) is 16.3 Å². The molecule has 0 aliphatic carbocycles. The maximum absolute atomic E-state index is 10.1. The van der Waals surface area contributed by atoms with Crippen molar-refractivity contribution in [1.82, 2.24) is 0 Å². The molecule has 1 aromatic rings. The van der Waals surface area contributed by atoms with Crippen LogP contribution < -0.4 is 0 Å². The Bertz CT molecular complexity index is 180. The number of carboxylic acids is 1. The molecular weight excluding hydrogens is 144 g/mol. The quantitative estimate of drug-likeness (QED) is 0.485. The summed E-state index contributed by atoms with van der Waals surface area (Å²) in [5.41, 5.74) is 0. The van der Waals surface area contributed by atoms with Gasteiger partial charge in [0, 0.05) is 6.07 Å². The predicted molar refractivity (Wildman–Crippen MR) is 33.6 cm³/mol. The fraction of sp³-hybridized carbons (Fsp3) is 0. The lowest BCUT2D eigenvalue weighted by atomic mass is 10.5. The van der Waals surface area contributed by atoms with Crippen molar-refractivity contribution in [2.75, 3.05) is 0 Å². The molecule has 0 unspecified atom stereocenters. The first-order valence-corrected chi connectivity index (χ1v) is 4.12. The zero-order chi connectivity index (χ0) is 5.98. The Morgan fingerprint density at radius 1 is 1.88 bits per heavy atom. The number of hydrogen-bond donors (Lipinski definition) is 1. The Balaban J connectivity index is 2.93. The van der Waals surface area contributed by atoms with Crippen molar-refractivity contribution >= 4 is 26.7 Å². The van der Waals surface area contributed by atoms with Crippen molar-refractivity contribution in [2.45, 2.75) is 0 Å². The van der Waals surface area contributed by atoms with Crippen LogP contribution in [-0.4, -0.2) is 11.1 Å². The third-order valence-corrected chi connectivity index (χ3v) is 2.62. The van der Waals surface area contributed by atoms with Gasteiger partial charge in [-0.15, -0.1) is 0 Å². The Morgan fingerprint density at radius 3 is 2.88 bits per heavy atom. The molecule has 0 amide bonds. The summed E-state index contributed by atoms with van der Waals surface area (Å²) in [6, 6.07) is 1.59. The molecule has 0 fully saturated rings. The fourth-order valence-electron chi connectivity index (χ4n) is 0.304. The zero-order valence-corrected chi connectivity index (χ0v) is 5.46. The van der Waals surface area contributed by atoms with Crippen LogP contribution in [0.5, 0.6) is 0 Å². The smallest absolute Gasteiger partial charge is 0.350 e. The van der Waals surface area contributed by atoms with Crippen molar-refractivity contribution in [2.24, 2.45) is 0 Å². The monoisotopic (exact) mass is 147 g/mol. The van der Waals surface area contributed by atoms with Gasteiger partial charge >= 0.3 is 5.97 Å². The van der Waals surface area contributed by atoms with Gasteiger partial charge in [0.2, 0.25) is 5.38 Å². The number of rotatable bonds is 1. The van der Waals surface area contributed by atoms with E-state index in [0.717, 1.165) is 0 Å². The summed E-state index contributed by atoms with van der Waals surface area (Å²) >= 11 is 0. The Morgan fingerprint density at radius 2 is 2.62 bits per heavy atom. The summed E-state index contributed by atoms with van der Waals surface area (Å²) in [5, 5.41) is 10.0. The maximum atomic E-state index is 10.1. The highest BCUT2D eigenvalue weighted by atomic mass is 32.9. The summed E-state index contributed by atoms with van der Waals surface area (Å²) in [6.07, 6.45) is 0. The van der Waals surface area contributed by atoms with E-state index in [-0.39, 0.29) is 0 Å². The van der Waals surface area contributed by atoms with Gasteiger partial charge in [0.05, 0.1) is 0 Å². The highest BCUT2D eigenvalue weighted by Crippen LogP contribution is 2.13. The molecular formula is C4H3O2S2+. The lowest BCUT2D eigenvalue weighted by Crippen LogP contribution is -1.89. The van der Waals surface area contributed by atoms with E-state index >= 15 is 0 Å². The minimum Gasteiger partial charge on any atom is -0.477 e. The van der Waals surface area contributed by atoms with E-state index in [1.54, 1.807) is 11.4 Å². The molecule has 0 atom stereocenters. The third-order valence-electron chi connectivity index (χ3n) is 0.624.